The molecule has 1 aliphatic heterocycles. The topological polar surface area (TPSA) is 63.4 Å². The molecule has 0 aromatic carbocycles. The highest BCUT2D eigenvalue weighted by Gasteiger charge is 2.43. The first-order chi connectivity index (χ1) is 7.53. The lowest BCUT2D eigenvalue weighted by Gasteiger charge is -2.27. The average molecular weight is 246 g/mol. The molecular weight excluding hydrogens is 224 g/mol. The fourth-order valence-corrected chi connectivity index (χ4v) is 4.98. The van der Waals surface area contributed by atoms with Gasteiger partial charge in [-0.15, -0.1) is 0 Å². The largest absolute Gasteiger partial charge is 0.328 e. The van der Waals surface area contributed by atoms with E-state index in [1.165, 1.54) is 0 Å². The monoisotopic (exact) mass is 246 g/mol. The molecule has 0 spiro atoms. The summed E-state index contributed by atoms with van der Waals surface area (Å²) in [5.74, 6) is 0.812. The number of rotatable bonds is 4. The van der Waals surface area contributed by atoms with E-state index in [2.05, 4.69) is 0 Å². The maximum Gasteiger partial charge on any atom is 0.214 e. The molecule has 2 rings (SSSR count). The summed E-state index contributed by atoms with van der Waals surface area (Å²) in [5, 5.41) is 0. The molecule has 4 nitrogen and oxygen atoms in total. The second-order valence-electron chi connectivity index (χ2n) is 5.23. The lowest BCUT2D eigenvalue weighted by atomic mass is 9.87. The van der Waals surface area contributed by atoms with Crippen LogP contribution >= 0.6 is 0 Å². The fourth-order valence-electron chi connectivity index (χ4n) is 3.02. The zero-order chi connectivity index (χ0) is 11.8. The van der Waals surface area contributed by atoms with Crippen LogP contribution in [0, 0.1) is 5.92 Å². The molecule has 5 heteroatoms. The smallest absolute Gasteiger partial charge is 0.214 e. The molecule has 2 fully saturated rings. The van der Waals surface area contributed by atoms with E-state index >= 15 is 0 Å². The minimum Gasteiger partial charge on any atom is -0.328 e. The molecule has 1 aliphatic carbocycles. The highest BCUT2D eigenvalue weighted by Crippen LogP contribution is 2.36. The third-order valence-corrected chi connectivity index (χ3v) is 5.74. The third-order valence-electron chi connectivity index (χ3n) is 3.77. The molecule has 1 saturated heterocycles. The third kappa shape index (κ3) is 2.41. The summed E-state index contributed by atoms with van der Waals surface area (Å²) in [6, 6.07) is 0.394. The molecule has 2 aliphatic rings. The van der Waals surface area contributed by atoms with E-state index in [0.29, 0.717) is 18.2 Å². The Morgan fingerprint density at radius 3 is 2.75 bits per heavy atom. The van der Waals surface area contributed by atoms with Gasteiger partial charge in [0.15, 0.2) is 0 Å². The molecule has 2 bridgehead atoms. The predicted molar refractivity (Wildman–Crippen MR) is 64.5 cm³/mol. The standard InChI is InChI=1S/C11H22N2O2S/c1-2-3-4-16(14,15)13-8-9-5-10(12)7-11(13)6-9/h9-11H,2-8,12H2,1H3. The number of fused-ring (bicyclic) bond motifs is 2. The Morgan fingerprint density at radius 2 is 2.06 bits per heavy atom. The molecule has 3 atom stereocenters. The molecule has 0 aromatic heterocycles. The van der Waals surface area contributed by atoms with Crippen LogP contribution < -0.4 is 5.73 Å². The van der Waals surface area contributed by atoms with Crippen molar-refractivity contribution in [3.8, 4) is 0 Å². The summed E-state index contributed by atoms with van der Waals surface area (Å²) in [4.78, 5) is 0. The van der Waals surface area contributed by atoms with Gasteiger partial charge in [0.2, 0.25) is 10.0 Å². The van der Waals surface area contributed by atoms with Gasteiger partial charge in [-0.05, 0) is 31.6 Å². The molecule has 1 saturated carbocycles. The number of sulfonamides is 1. The molecule has 16 heavy (non-hydrogen) atoms. The average Bonchev–Trinajstić information content (AvgIpc) is 2.52. The van der Waals surface area contributed by atoms with Crippen molar-refractivity contribution >= 4 is 10.0 Å². The maximum atomic E-state index is 12.1. The van der Waals surface area contributed by atoms with Crippen molar-refractivity contribution in [3.05, 3.63) is 0 Å². The van der Waals surface area contributed by atoms with Crippen molar-refractivity contribution in [1.82, 2.24) is 4.31 Å². The van der Waals surface area contributed by atoms with Crippen molar-refractivity contribution < 1.29 is 8.42 Å². The van der Waals surface area contributed by atoms with E-state index in [4.69, 9.17) is 5.73 Å². The molecule has 3 unspecified atom stereocenters. The van der Waals surface area contributed by atoms with Crippen LogP contribution in [0.1, 0.15) is 39.0 Å². The van der Waals surface area contributed by atoms with Gasteiger partial charge in [0.25, 0.3) is 0 Å². The summed E-state index contributed by atoms with van der Waals surface area (Å²) in [6.07, 6.45) is 4.57. The van der Waals surface area contributed by atoms with E-state index in [0.717, 1.165) is 32.1 Å². The normalized spacial score (nSPS) is 35.5. The Hall–Kier alpha value is -0.130. The van der Waals surface area contributed by atoms with Crippen LogP contribution in [0.5, 0.6) is 0 Å². The van der Waals surface area contributed by atoms with E-state index < -0.39 is 10.0 Å². The van der Waals surface area contributed by atoms with Crippen LogP contribution in [0.4, 0.5) is 0 Å². The van der Waals surface area contributed by atoms with Gasteiger partial charge in [0, 0.05) is 18.6 Å². The van der Waals surface area contributed by atoms with Gasteiger partial charge in [-0.1, -0.05) is 13.3 Å². The lowest BCUT2D eigenvalue weighted by Crippen LogP contribution is -2.39. The summed E-state index contributed by atoms with van der Waals surface area (Å²) < 4.78 is 26.0. The molecule has 0 radical (unpaired) electrons. The lowest BCUT2D eigenvalue weighted by molar-refractivity contribution is 0.328. The molecule has 2 N–H and O–H groups in total. The van der Waals surface area contributed by atoms with Crippen molar-refractivity contribution in [3.63, 3.8) is 0 Å². The van der Waals surface area contributed by atoms with E-state index in [-0.39, 0.29) is 12.1 Å². The van der Waals surface area contributed by atoms with Crippen LogP contribution in [0.25, 0.3) is 0 Å². The quantitative estimate of drug-likeness (QED) is 0.802. The number of unbranched alkanes of at least 4 members (excludes halogenated alkanes) is 1. The Bertz CT molecular complexity index is 342. The molecule has 0 aromatic rings. The number of nitrogens with zero attached hydrogens (tertiary/aromatic N) is 1. The molecule has 1 heterocycles. The van der Waals surface area contributed by atoms with E-state index in [1.54, 1.807) is 4.31 Å². The highest BCUT2D eigenvalue weighted by molar-refractivity contribution is 7.89. The zero-order valence-corrected chi connectivity index (χ0v) is 10.7. The molecular formula is C11H22N2O2S. The summed E-state index contributed by atoms with van der Waals surface area (Å²) in [5.41, 5.74) is 5.94. The minimum atomic E-state index is -3.02. The van der Waals surface area contributed by atoms with Crippen molar-refractivity contribution in [2.75, 3.05) is 12.3 Å². The highest BCUT2D eigenvalue weighted by atomic mass is 32.2. The Kier molecular flexibility index (Phi) is 3.56. The number of hydrogen-bond acceptors (Lipinski definition) is 3. The fraction of sp³-hybridized carbons (Fsp3) is 1.00. The van der Waals surface area contributed by atoms with Crippen molar-refractivity contribution in [2.45, 2.75) is 51.1 Å². The first-order valence-corrected chi connectivity index (χ1v) is 7.89. The first-order valence-electron chi connectivity index (χ1n) is 6.28. The zero-order valence-electron chi connectivity index (χ0n) is 9.93. The van der Waals surface area contributed by atoms with Gasteiger partial charge in [-0.3, -0.25) is 0 Å². The van der Waals surface area contributed by atoms with E-state index in [9.17, 15) is 8.42 Å². The van der Waals surface area contributed by atoms with Gasteiger partial charge in [0.05, 0.1) is 5.75 Å². The maximum absolute atomic E-state index is 12.1. The van der Waals surface area contributed by atoms with Crippen molar-refractivity contribution in [2.24, 2.45) is 11.7 Å². The Morgan fingerprint density at radius 1 is 1.31 bits per heavy atom. The SMILES string of the molecule is CCCCS(=O)(=O)N1CC2CC(N)CC1C2. The van der Waals surface area contributed by atoms with Gasteiger partial charge in [-0.2, -0.15) is 4.31 Å². The second-order valence-corrected chi connectivity index (χ2v) is 7.27. The number of nitrogens with two attached hydrogens (primary N) is 1. The van der Waals surface area contributed by atoms with Crippen LogP contribution in [0.15, 0.2) is 0 Å². The second kappa shape index (κ2) is 4.63. The van der Waals surface area contributed by atoms with E-state index in [1.807, 2.05) is 6.92 Å². The van der Waals surface area contributed by atoms with Gasteiger partial charge in [0.1, 0.15) is 0 Å². The molecule has 94 valence electrons. The van der Waals surface area contributed by atoms with Crippen LogP contribution in [-0.4, -0.2) is 37.1 Å². The first kappa shape index (κ1) is 12.3. The number of hydrogen-bond donors (Lipinski definition) is 1. The minimum absolute atomic E-state index is 0.190. The Balaban J connectivity index is 2.05. The van der Waals surface area contributed by atoms with Gasteiger partial charge in [-0.25, -0.2) is 8.42 Å². The van der Waals surface area contributed by atoms with Crippen molar-refractivity contribution in [1.29, 1.82) is 0 Å². The predicted octanol–water partition coefficient (Wildman–Crippen LogP) is 0.928. The van der Waals surface area contributed by atoms with Crippen LogP contribution in [0.3, 0.4) is 0 Å². The van der Waals surface area contributed by atoms with Gasteiger partial charge >= 0.3 is 0 Å². The molecule has 0 amide bonds. The summed E-state index contributed by atoms with van der Waals surface area (Å²) in [6.45, 7) is 2.73. The van der Waals surface area contributed by atoms with Gasteiger partial charge < -0.3 is 5.73 Å². The summed E-state index contributed by atoms with van der Waals surface area (Å²) >= 11 is 0. The Labute approximate surface area is 98.2 Å². The van der Waals surface area contributed by atoms with Crippen LogP contribution in [-0.2, 0) is 10.0 Å². The summed E-state index contributed by atoms with van der Waals surface area (Å²) in [7, 11) is -3.02. The van der Waals surface area contributed by atoms with Crippen LogP contribution in [0.2, 0.25) is 0 Å².